The number of tetrazole rings is 1. The van der Waals surface area contributed by atoms with E-state index in [-0.39, 0.29) is 0 Å². The van der Waals surface area contributed by atoms with Crippen molar-refractivity contribution in [1.29, 1.82) is 0 Å². The van der Waals surface area contributed by atoms with Crippen LogP contribution in [0.15, 0.2) is 29.0 Å². The van der Waals surface area contributed by atoms with Gasteiger partial charge in [-0.05, 0) is 44.4 Å². The molecule has 4 nitrogen and oxygen atoms in total. The fourth-order valence-corrected chi connectivity index (χ4v) is 1.51. The van der Waals surface area contributed by atoms with Gasteiger partial charge < -0.3 is 0 Å². The third kappa shape index (κ3) is 1.82. The summed E-state index contributed by atoms with van der Waals surface area (Å²) in [7, 11) is 0. The first kappa shape index (κ1) is 9.33. The van der Waals surface area contributed by atoms with E-state index in [2.05, 4.69) is 50.5 Å². The van der Waals surface area contributed by atoms with Crippen LogP contribution in [0, 0.1) is 6.92 Å². The first-order chi connectivity index (χ1) is 6.77. The predicted octanol–water partition coefficient (Wildman–Crippen LogP) is 1.79. The average Bonchev–Trinajstić information content (AvgIpc) is 2.56. The first-order valence-electron chi connectivity index (χ1n) is 4.23. The number of rotatable bonds is 2. The Morgan fingerprint density at radius 3 is 2.79 bits per heavy atom. The van der Waals surface area contributed by atoms with E-state index in [9.17, 15) is 0 Å². The fourth-order valence-electron chi connectivity index (χ4n) is 1.24. The molecular formula is C9H9BrN4. The van der Waals surface area contributed by atoms with E-state index in [4.69, 9.17) is 0 Å². The number of hydrogen-bond acceptors (Lipinski definition) is 3. The highest BCUT2D eigenvalue weighted by molar-refractivity contribution is 9.10. The lowest BCUT2D eigenvalue weighted by molar-refractivity contribution is 0.635. The maximum Gasteiger partial charge on any atom is 0.218 e. The lowest BCUT2D eigenvalue weighted by Gasteiger charge is -2.04. The lowest BCUT2D eigenvalue weighted by Crippen LogP contribution is -2.03. The molecule has 0 aliphatic heterocycles. The van der Waals surface area contributed by atoms with Crippen molar-refractivity contribution < 1.29 is 0 Å². The zero-order valence-electron chi connectivity index (χ0n) is 7.68. The summed E-state index contributed by atoms with van der Waals surface area (Å²) in [4.78, 5) is 0. The van der Waals surface area contributed by atoms with Gasteiger partial charge in [0.15, 0.2) is 0 Å². The smallest absolute Gasteiger partial charge is 0.216 e. The minimum absolute atomic E-state index is 0.653. The van der Waals surface area contributed by atoms with Crippen LogP contribution < -0.4 is 0 Å². The zero-order chi connectivity index (χ0) is 9.97. The van der Waals surface area contributed by atoms with Crippen molar-refractivity contribution in [2.45, 2.75) is 13.5 Å². The summed E-state index contributed by atoms with van der Waals surface area (Å²) < 4.78 is 2.36. The molecule has 72 valence electrons. The number of aromatic nitrogens is 4. The summed E-state index contributed by atoms with van der Waals surface area (Å²) in [6.45, 7) is 2.77. The molecule has 1 aromatic carbocycles. The molecule has 0 saturated carbocycles. The van der Waals surface area contributed by atoms with Crippen LogP contribution in [0.25, 0.3) is 0 Å². The van der Waals surface area contributed by atoms with E-state index in [1.807, 2.05) is 12.1 Å². The van der Waals surface area contributed by atoms with Crippen LogP contribution in [0.3, 0.4) is 0 Å². The average molecular weight is 253 g/mol. The summed E-state index contributed by atoms with van der Waals surface area (Å²) >= 11 is 3.28. The molecule has 0 spiro atoms. The van der Waals surface area contributed by atoms with Gasteiger partial charge >= 0.3 is 0 Å². The molecule has 0 aliphatic rings. The van der Waals surface area contributed by atoms with Crippen molar-refractivity contribution in [2.75, 3.05) is 0 Å². The van der Waals surface area contributed by atoms with Gasteiger partial charge in [0, 0.05) is 0 Å². The molecule has 0 aliphatic carbocycles. The molecule has 0 unspecified atom stereocenters. The van der Waals surface area contributed by atoms with Crippen molar-refractivity contribution in [3.63, 3.8) is 0 Å². The molecule has 14 heavy (non-hydrogen) atoms. The van der Waals surface area contributed by atoms with Crippen LogP contribution in [0.1, 0.15) is 11.1 Å². The molecule has 0 saturated heterocycles. The van der Waals surface area contributed by atoms with Gasteiger partial charge in [-0.3, -0.25) is 0 Å². The normalized spacial score (nSPS) is 10.4. The molecule has 0 amide bonds. The lowest BCUT2D eigenvalue weighted by atomic mass is 10.1. The molecule has 2 rings (SSSR count). The van der Waals surface area contributed by atoms with Crippen LogP contribution in [0.2, 0.25) is 0 Å². The predicted molar refractivity (Wildman–Crippen MR) is 55.8 cm³/mol. The summed E-state index contributed by atoms with van der Waals surface area (Å²) in [5.74, 6) is 0. The number of nitrogens with zero attached hydrogens (tertiary/aromatic N) is 4. The van der Waals surface area contributed by atoms with Crippen LogP contribution >= 0.6 is 15.9 Å². The third-order valence-corrected chi connectivity index (χ3v) is 2.64. The van der Waals surface area contributed by atoms with Gasteiger partial charge in [-0.15, -0.1) is 5.10 Å². The Kier molecular flexibility index (Phi) is 2.58. The standard InChI is InChI=1S/C9H9BrN4/c1-7-4-2-3-5-8(7)6-14-9(10)11-12-13-14/h2-5H,6H2,1H3. The van der Waals surface area contributed by atoms with Gasteiger partial charge in [0.25, 0.3) is 0 Å². The highest BCUT2D eigenvalue weighted by Gasteiger charge is 2.03. The highest BCUT2D eigenvalue weighted by atomic mass is 79.9. The van der Waals surface area contributed by atoms with Gasteiger partial charge in [0.2, 0.25) is 4.73 Å². The van der Waals surface area contributed by atoms with Gasteiger partial charge in [-0.1, -0.05) is 24.3 Å². The van der Waals surface area contributed by atoms with Crippen molar-refractivity contribution in [1.82, 2.24) is 20.2 Å². The second-order valence-electron chi connectivity index (χ2n) is 3.03. The molecule has 2 aromatic rings. The fraction of sp³-hybridized carbons (Fsp3) is 0.222. The Morgan fingerprint density at radius 2 is 2.14 bits per heavy atom. The Bertz CT molecular complexity index is 438. The molecule has 1 aromatic heterocycles. The van der Waals surface area contributed by atoms with E-state index in [1.165, 1.54) is 11.1 Å². The van der Waals surface area contributed by atoms with E-state index in [1.54, 1.807) is 4.68 Å². The van der Waals surface area contributed by atoms with Crippen molar-refractivity contribution >= 4 is 15.9 Å². The summed E-state index contributed by atoms with van der Waals surface area (Å²) in [6.07, 6.45) is 0. The van der Waals surface area contributed by atoms with Gasteiger partial charge in [0.05, 0.1) is 6.54 Å². The molecule has 0 N–H and O–H groups in total. The largest absolute Gasteiger partial charge is 0.218 e. The Labute approximate surface area is 90.1 Å². The van der Waals surface area contributed by atoms with Crippen LogP contribution in [-0.4, -0.2) is 20.2 Å². The summed E-state index contributed by atoms with van der Waals surface area (Å²) in [5.41, 5.74) is 2.47. The number of hydrogen-bond donors (Lipinski definition) is 0. The molecule has 0 fully saturated rings. The van der Waals surface area contributed by atoms with Crippen LogP contribution in [0.5, 0.6) is 0 Å². The molecule has 5 heteroatoms. The van der Waals surface area contributed by atoms with Crippen LogP contribution in [-0.2, 0) is 6.54 Å². The van der Waals surface area contributed by atoms with Gasteiger partial charge in [-0.25, -0.2) is 4.68 Å². The maximum absolute atomic E-state index is 3.86. The van der Waals surface area contributed by atoms with Crippen molar-refractivity contribution in [2.24, 2.45) is 0 Å². The van der Waals surface area contributed by atoms with Crippen LogP contribution in [0.4, 0.5) is 0 Å². The minimum atomic E-state index is 0.653. The Balaban J connectivity index is 2.28. The molecule has 0 radical (unpaired) electrons. The summed E-state index contributed by atoms with van der Waals surface area (Å²) in [5, 5.41) is 11.2. The van der Waals surface area contributed by atoms with Gasteiger partial charge in [0.1, 0.15) is 0 Å². The molecular weight excluding hydrogens is 244 g/mol. The third-order valence-electron chi connectivity index (χ3n) is 2.07. The second kappa shape index (κ2) is 3.88. The first-order valence-corrected chi connectivity index (χ1v) is 5.03. The van der Waals surface area contributed by atoms with Gasteiger partial charge in [-0.2, -0.15) is 0 Å². The minimum Gasteiger partial charge on any atom is -0.216 e. The molecule has 0 bridgehead atoms. The molecule has 0 atom stereocenters. The molecule has 1 heterocycles. The second-order valence-corrected chi connectivity index (χ2v) is 3.74. The van der Waals surface area contributed by atoms with Crippen molar-refractivity contribution in [3.05, 3.63) is 40.1 Å². The number of aryl methyl sites for hydroxylation is 1. The highest BCUT2D eigenvalue weighted by Crippen LogP contribution is 2.10. The van der Waals surface area contributed by atoms with E-state index in [0.717, 1.165) is 0 Å². The summed E-state index contributed by atoms with van der Waals surface area (Å²) in [6, 6.07) is 8.19. The van der Waals surface area contributed by atoms with E-state index in [0.29, 0.717) is 11.3 Å². The maximum atomic E-state index is 3.86. The van der Waals surface area contributed by atoms with Crippen molar-refractivity contribution in [3.8, 4) is 0 Å². The topological polar surface area (TPSA) is 43.6 Å². The zero-order valence-corrected chi connectivity index (χ0v) is 9.27. The Morgan fingerprint density at radius 1 is 1.36 bits per heavy atom. The monoisotopic (exact) mass is 252 g/mol. The van der Waals surface area contributed by atoms with E-state index < -0.39 is 0 Å². The Hall–Kier alpha value is -1.23. The quantitative estimate of drug-likeness (QED) is 0.819. The van der Waals surface area contributed by atoms with E-state index >= 15 is 0 Å². The number of halogens is 1. The SMILES string of the molecule is Cc1ccccc1Cn1nnnc1Br. The number of benzene rings is 1.